The summed E-state index contributed by atoms with van der Waals surface area (Å²) in [6, 6.07) is 15.9. The van der Waals surface area contributed by atoms with Crippen LogP contribution >= 0.6 is 0 Å². The molecule has 1 heterocycles. The lowest BCUT2D eigenvalue weighted by atomic mass is 10.1. The van der Waals surface area contributed by atoms with Gasteiger partial charge in [-0.2, -0.15) is 0 Å². The highest BCUT2D eigenvalue weighted by atomic mass is 19.1. The third-order valence-electron chi connectivity index (χ3n) is 4.11. The molecule has 4 heteroatoms. The van der Waals surface area contributed by atoms with Gasteiger partial charge in [0.05, 0.1) is 6.42 Å². The van der Waals surface area contributed by atoms with Crippen LogP contribution in [0.4, 0.5) is 4.39 Å². The van der Waals surface area contributed by atoms with Crippen LogP contribution in [0.3, 0.4) is 0 Å². The molecule has 3 nitrogen and oxygen atoms in total. The van der Waals surface area contributed by atoms with Gasteiger partial charge in [0.1, 0.15) is 17.7 Å². The number of likely N-dealkylation sites (tertiary alicyclic amines) is 1. The quantitative estimate of drug-likeness (QED) is 0.865. The molecule has 0 bridgehead atoms. The van der Waals surface area contributed by atoms with Crippen molar-refractivity contribution in [1.82, 2.24) is 4.90 Å². The molecule has 0 aliphatic carbocycles. The van der Waals surface area contributed by atoms with Gasteiger partial charge >= 0.3 is 0 Å². The number of piperidine rings is 1. The van der Waals surface area contributed by atoms with E-state index >= 15 is 0 Å². The number of rotatable bonds is 4. The zero-order valence-electron chi connectivity index (χ0n) is 13.0. The van der Waals surface area contributed by atoms with Gasteiger partial charge in [0.25, 0.3) is 0 Å². The van der Waals surface area contributed by atoms with E-state index in [2.05, 4.69) is 0 Å². The Morgan fingerprint density at radius 2 is 1.70 bits per heavy atom. The molecule has 0 N–H and O–H groups in total. The van der Waals surface area contributed by atoms with Crippen molar-refractivity contribution in [3.63, 3.8) is 0 Å². The molecule has 2 aromatic carbocycles. The van der Waals surface area contributed by atoms with Crippen molar-refractivity contribution in [2.24, 2.45) is 0 Å². The highest BCUT2D eigenvalue weighted by Crippen LogP contribution is 2.19. The molecule has 1 aliphatic heterocycles. The van der Waals surface area contributed by atoms with Crippen LogP contribution in [0.5, 0.6) is 5.75 Å². The second-order valence-electron chi connectivity index (χ2n) is 5.81. The molecule has 1 saturated heterocycles. The van der Waals surface area contributed by atoms with Crippen LogP contribution in [0.15, 0.2) is 54.6 Å². The van der Waals surface area contributed by atoms with Gasteiger partial charge in [-0.3, -0.25) is 4.79 Å². The number of carbonyl (C=O) groups is 1. The normalized spacial score (nSPS) is 15.4. The molecular formula is C19H20FNO2. The number of nitrogens with zero attached hydrogens (tertiary/aromatic N) is 1. The summed E-state index contributed by atoms with van der Waals surface area (Å²) in [5.74, 6) is 0.693. The van der Waals surface area contributed by atoms with Gasteiger partial charge in [-0.15, -0.1) is 0 Å². The van der Waals surface area contributed by atoms with Gasteiger partial charge in [-0.25, -0.2) is 4.39 Å². The Balaban J connectivity index is 1.48. The minimum atomic E-state index is -0.278. The highest BCUT2D eigenvalue weighted by molar-refractivity contribution is 5.78. The molecule has 1 aliphatic rings. The Bertz CT molecular complexity index is 634. The first kappa shape index (κ1) is 15.5. The van der Waals surface area contributed by atoms with Crippen molar-refractivity contribution in [2.45, 2.75) is 25.4 Å². The minimum absolute atomic E-state index is 0.0924. The first-order chi connectivity index (χ1) is 11.2. The molecule has 1 fully saturated rings. The molecule has 0 spiro atoms. The summed E-state index contributed by atoms with van der Waals surface area (Å²) in [4.78, 5) is 14.2. The molecule has 23 heavy (non-hydrogen) atoms. The number of halogens is 1. The smallest absolute Gasteiger partial charge is 0.226 e. The molecular weight excluding hydrogens is 293 g/mol. The van der Waals surface area contributed by atoms with Crippen molar-refractivity contribution in [3.05, 3.63) is 66.0 Å². The Morgan fingerprint density at radius 1 is 1.04 bits per heavy atom. The largest absolute Gasteiger partial charge is 0.490 e. The van der Waals surface area contributed by atoms with E-state index in [1.807, 2.05) is 35.2 Å². The molecule has 1 amide bonds. The maximum Gasteiger partial charge on any atom is 0.226 e. The van der Waals surface area contributed by atoms with Crippen LogP contribution in [0.1, 0.15) is 18.4 Å². The Morgan fingerprint density at radius 3 is 2.35 bits per heavy atom. The maximum absolute atomic E-state index is 12.9. The fourth-order valence-corrected chi connectivity index (χ4v) is 2.80. The van der Waals surface area contributed by atoms with Gasteiger partial charge in [0, 0.05) is 25.9 Å². The monoisotopic (exact) mass is 313 g/mol. The highest BCUT2D eigenvalue weighted by Gasteiger charge is 2.23. The van der Waals surface area contributed by atoms with Crippen molar-refractivity contribution in [3.8, 4) is 5.75 Å². The van der Waals surface area contributed by atoms with E-state index in [9.17, 15) is 9.18 Å². The second-order valence-corrected chi connectivity index (χ2v) is 5.81. The van der Waals surface area contributed by atoms with Crippen LogP contribution in [0.25, 0.3) is 0 Å². The summed E-state index contributed by atoms with van der Waals surface area (Å²) < 4.78 is 18.8. The van der Waals surface area contributed by atoms with Crippen molar-refractivity contribution in [1.29, 1.82) is 0 Å². The molecule has 2 aromatic rings. The average Bonchev–Trinajstić information content (AvgIpc) is 2.58. The predicted molar refractivity (Wildman–Crippen MR) is 86.8 cm³/mol. The van der Waals surface area contributed by atoms with Gasteiger partial charge in [0.2, 0.25) is 5.91 Å². The standard InChI is InChI=1S/C19H20FNO2/c20-16-8-6-15(7-9-16)14-19(22)21-12-10-18(11-13-21)23-17-4-2-1-3-5-17/h1-9,18H,10-14H2. The Kier molecular flexibility index (Phi) is 4.91. The number of hydrogen-bond acceptors (Lipinski definition) is 2. The minimum Gasteiger partial charge on any atom is -0.490 e. The third kappa shape index (κ3) is 4.31. The van der Waals surface area contributed by atoms with Crippen LogP contribution in [0.2, 0.25) is 0 Å². The summed E-state index contributed by atoms with van der Waals surface area (Å²) in [6.45, 7) is 1.41. The lowest BCUT2D eigenvalue weighted by Gasteiger charge is -2.32. The lowest BCUT2D eigenvalue weighted by Crippen LogP contribution is -2.42. The molecule has 0 unspecified atom stereocenters. The van der Waals surface area contributed by atoms with E-state index in [1.165, 1.54) is 12.1 Å². The molecule has 0 aromatic heterocycles. The Labute approximate surface area is 135 Å². The van der Waals surface area contributed by atoms with E-state index in [0.717, 1.165) is 24.2 Å². The van der Waals surface area contributed by atoms with E-state index < -0.39 is 0 Å². The number of hydrogen-bond donors (Lipinski definition) is 0. The number of amides is 1. The topological polar surface area (TPSA) is 29.5 Å². The zero-order valence-corrected chi connectivity index (χ0v) is 13.0. The molecule has 0 radical (unpaired) electrons. The summed E-state index contributed by atoms with van der Waals surface area (Å²) >= 11 is 0. The van der Waals surface area contributed by atoms with Crippen molar-refractivity contribution < 1.29 is 13.9 Å². The van der Waals surface area contributed by atoms with Crippen molar-refractivity contribution >= 4 is 5.91 Å². The fraction of sp³-hybridized carbons (Fsp3) is 0.316. The maximum atomic E-state index is 12.9. The van der Waals surface area contributed by atoms with Crippen LogP contribution in [-0.2, 0) is 11.2 Å². The number of carbonyl (C=O) groups excluding carboxylic acids is 1. The number of benzene rings is 2. The molecule has 120 valence electrons. The van der Waals surface area contributed by atoms with E-state index in [1.54, 1.807) is 12.1 Å². The van der Waals surface area contributed by atoms with Crippen LogP contribution in [-0.4, -0.2) is 30.0 Å². The zero-order chi connectivity index (χ0) is 16.1. The summed E-state index contributed by atoms with van der Waals surface area (Å²) in [5, 5.41) is 0. The van der Waals surface area contributed by atoms with Crippen LogP contribution < -0.4 is 4.74 Å². The van der Waals surface area contributed by atoms with Gasteiger partial charge in [0.15, 0.2) is 0 Å². The third-order valence-corrected chi connectivity index (χ3v) is 4.11. The summed E-state index contributed by atoms with van der Waals surface area (Å²) in [7, 11) is 0. The van der Waals surface area contributed by atoms with Crippen molar-refractivity contribution in [2.75, 3.05) is 13.1 Å². The van der Waals surface area contributed by atoms with Crippen LogP contribution in [0, 0.1) is 5.82 Å². The van der Waals surface area contributed by atoms with E-state index in [4.69, 9.17) is 4.74 Å². The first-order valence-corrected chi connectivity index (χ1v) is 7.94. The molecule has 0 saturated carbocycles. The number of ether oxygens (including phenoxy) is 1. The van der Waals surface area contributed by atoms with Gasteiger partial charge in [-0.1, -0.05) is 30.3 Å². The Hall–Kier alpha value is -2.36. The predicted octanol–water partition coefficient (Wildman–Crippen LogP) is 3.44. The molecule has 3 rings (SSSR count). The first-order valence-electron chi connectivity index (χ1n) is 7.94. The van der Waals surface area contributed by atoms with E-state index in [0.29, 0.717) is 19.5 Å². The van der Waals surface area contributed by atoms with Gasteiger partial charge < -0.3 is 9.64 Å². The molecule has 0 atom stereocenters. The summed E-state index contributed by atoms with van der Waals surface area (Å²) in [5.41, 5.74) is 0.846. The van der Waals surface area contributed by atoms with E-state index in [-0.39, 0.29) is 17.8 Å². The average molecular weight is 313 g/mol. The fourth-order valence-electron chi connectivity index (χ4n) is 2.80. The van der Waals surface area contributed by atoms with Gasteiger partial charge in [-0.05, 0) is 29.8 Å². The lowest BCUT2D eigenvalue weighted by molar-refractivity contribution is -0.132. The summed E-state index contributed by atoms with van der Waals surface area (Å²) in [6.07, 6.45) is 2.16. The second kappa shape index (κ2) is 7.27. The SMILES string of the molecule is O=C(Cc1ccc(F)cc1)N1CCC(Oc2ccccc2)CC1. The number of para-hydroxylation sites is 1.